The monoisotopic (exact) mass is 714 g/mol. The minimum Gasteiger partial charge on any atom is -0.355 e. The summed E-state index contributed by atoms with van der Waals surface area (Å²) in [5.74, 6) is 0.784. The Morgan fingerprint density at radius 1 is 0.630 bits per heavy atom. The van der Waals surface area contributed by atoms with E-state index in [1.807, 2.05) is 0 Å². The molecule has 4 atom stereocenters. The molecule has 4 aromatic rings. The number of ketones is 2. The van der Waals surface area contributed by atoms with Crippen LogP contribution in [0.3, 0.4) is 0 Å². The van der Waals surface area contributed by atoms with Crippen LogP contribution in [0.25, 0.3) is 55.5 Å². The minimum atomic E-state index is -0.167. The van der Waals surface area contributed by atoms with Gasteiger partial charge in [0.05, 0.1) is 28.3 Å². The highest BCUT2D eigenvalue weighted by Crippen LogP contribution is 2.48. The summed E-state index contributed by atoms with van der Waals surface area (Å²) >= 11 is 0. The molecule has 2 aliphatic heterocycles. The summed E-state index contributed by atoms with van der Waals surface area (Å²) in [4.78, 5) is 44.2. The summed E-state index contributed by atoms with van der Waals surface area (Å²) in [6.07, 6.45) is 8.38. The molecule has 274 valence electrons. The zero-order chi connectivity index (χ0) is 37.7. The molecule has 0 amide bonds. The van der Waals surface area contributed by atoms with Crippen LogP contribution in [-0.4, -0.2) is 31.5 Å². The van der Waals surface area contributed by atoms with Crippen molar-refractivity contribution in [2.45, 2.75) is 93.9 Å². The van der Waals surface area contributed by atoms with E-state index in [1.54, 1.807) is 0 Å². The summed E-state index contributed by atoms with van der Waals surface area (Å²) < 4.78 is 0. The van der Waals surface area contributed by atoms with E-state index in [-0.39, 0.29) is 23.4 Å². The molecule has 0 spiro atoms. The summed E-state index contributed by atoms with van der Waals surface area (Å²) in [5.41, 5.74) is 23.2. The van der Waals surface area contributed by atoms with E-state index in [1.165, 1.54) is 67.8 Å². The average molecular weight is 715 g/mol. The Kier molecular flexibility index (Phi) is 8.18. The number of benzene rings is 1. The number of nitrogens with zero attached hydrogens (tertiary/aromatic N) is 2. The van der Waals surface area contributed by atoms with Gasteiger partial charge < -0.3 is 9.97 Å². The van der Waals surface area contributed by atoms with Crippen LogP contribution in [-0.2, 0) is 28.9 Å². The van der Waals surface area contributed by atoms with Crippen LogP contribution in [0.15, 0.2) is 48.6 Å². The van der Waals surface area contributed by atoms with Gasteiger partial charge in [0.2, 0.25) is 0 Å². The molecule has 2 N–H and O–H groups in total. The van der Waals surface area contributed by atoms with Crippen LogP contribution in [0.4, 0.5) is 0 Å². The Bertz CT molecular complexity index is 2610. The molecule has 6 heteroatoms. The van der Waals surface area contributed by atoms with Gasteiger partial charge in [-0.05, 0) is 183 Å². The molecular formula is C48H50N4O2. The second-order valence-corrected chi connectivity index (χ2v) is 16.6. The number of hydrogen-bond donors (Lipinski definition) is 2. The predicted octanol–water partition coefficient (Wildman–Crippen LogP) is 10.8. The number of aromatic nitrogens is 4. The van der Waals surface area contributed by atoms with Crippen molar-refractivity contribution < 1.29 is 9.59 Å². The van der Waals surface area contributed by atoms with E-state index in [0.29, 0.717) is 11.8 Å². The van der Waals surface area contributed by atoms with Crippen molar-refractivity contribution in [3.8, 4) is 11.1 Å². The molecular weight excluding hydrogens is 665 g/mol. The van der Waals surface area contributed by atoms with Crippen LogP contribution in [0.2, 0.25) is 0 Å². The maximum absolute atomic E-state index is 12.9. The predicted molar refractivity (Wildman–Crippen MR) is 221 cm³/mol. The number of hydrogen-bond acceptors (Lipinski definition) is 4. The second-order valence-electron chi connectivity index (χ2n) is 16.6. The summed E-state index contributed by atoms with van der Waals surface area (Å²) in [7, 11) is 0. The van der Waals surface area contributed by atoms with Crippen molar-refractivity contribution in [1.82, 2.24) is 19.9 Å². The number of aryl methyl sites for hydroxylation is 4. The Morgan fingerprint density at radius 3 is 1.98 bits per heavy atom. The third-order valence-corrected chi connectivity index (χ3v) is 13.9. The number of carbonyl (C=O) groups excluding carboxylic acids is 2. The number of aromatic amines is 2. The van der Waals surface area contributed by atoms with Crippen LogP contribution < -0.4 is 0 Å². The topological polar surface area (TPSA) is 91.5 Å². The van der Waals surface area contributed by atoms with Crippen molar-refractivity contribution in [3.05, 3.63) is 105 Å². The zero-order valence-corrected chi connectivity index (χ0v) is 32.9. The van der Waals surface area contributed by atoms with E-state index in [2.05, 4.69) is 102 Å². The normalized spacial score (nSPS) is 22.1. The van der Waals surface area contributed by atoms with Crippen LogP contribution in [0, 0.1) is 44.4 Å². The molecule has 54 heavy (non-hydrogen) atoms. The van der Waals surface area contributed by atoms with Gasteiger partial charge >= 0.3 is 0 Å². The largest absolute Gasteiger partial charge is 0.355 e. The van der Waals surface area contributed by atoms with Crippen molar-refractivity contribution in [2.24, 2.45) is 23.7 Å². The molecule has 6 nitrogen and oxygen atoms in total. The fourth-order valence-electron chi connectivity index (χ4n) is 10.3. The summed E-state index contributed by atoms with van der Waals surface area (Å²) in [6, 6.07) is 13.7. The number of rotatable bonds is 3. The Balaban J connectivity index is 1.29. The molecule has 2 unspecified atom stereocenters. The Labute approximate surface area is 318 Å². The third kappa shape index (κ3) is 5.27. The highest BCUT2D eigenvalue weighted by atomic mass is 16.1. The highest BCUT2D eigenvalue weighted by molar-refractivity contribution is 6.07. The zero-order valence-electron chi connectivity index (χ0n) is 32.9. The van der Waals surface area contributed by atoms with E-state index >= 15 is 0 Å². The number of nitrogens with one attached hydrogen (secondary N) is 2. The molecule has 5 aliphatic rings. The number of H-pyrrole nitrogens is 2. The molecule has 0 radical (unpaired) electrons. The fraction of sp³-hybridized carbons (Fsp3) is 0.375. The van der Waals surface area contributed by atoms with Gasteiger partial charge in [-0.2, -0.15) is 0 Å². The first kappa shape index (κ1) is 34.7. The highest BCUT2D eigenvalue weighted by Gasteiger charge is 2.45. The van der Waals surface area contributed by atoms with Crippen LogP contribution in [0.1, 0.15) is 110 Å². The molecule has 1 fully saturated rings. The van der Waals surface area contributed by atoms with Crippen molar-refractivity contribution >= 4 is 55.9 Å². The van der Waals surface area contributed by atoms with Gasteiger partial charge in [-0.3, -0.25) is 9.59 Å². The van der Waals surface area contributed by atoms with E-state index < -0.39 is 0 Å². The van der Waals surface area contributed by atoms with E-state index in [4.69, 9.17) is 9.97 Å². The summed E-state index contributed by atoms with van der Waals surface area (Å²) in [5, 5.41) is 0. The third-order valence-electron chi connectivity index (χ3n) is 13.9. The van der Waals surface area contributed by atoms with Gasteiger partial charge in [0.1, 0.15) is 0 Å². The van der Waals surface area contributed by atoms with Gasteiger partial charge in [-0.15, -0.1) is 0 Å². The van der Waals surface area contributed by atoms with Gasteiger partial charge in [-0.25, -0.2) is 9.97 Å². The van der Waals surface area contributed by atoms with Gasteiger partial charge in [0.25, 0.3) is 0 Å². The lowest BCUT2D eigenvalue weighted by atomic mass is 9.59. The average Bonchev–Trinajstić information content (AvgIpc) is 3.81. The van der Waals surface area contributed by atoms with Crippen molar-refractivity contribution in [2.75, 3.05) is 0 Å². The molecule has 1 aromatic carbocycles. The molecule has 3 aliphatic carbocycles. The molecule has 5 heterocycles. The number of allylic oxidation sites excluding steroid dienone is 6. The minimum absolute atomic E-state index is 0.134. The molecule has 1 saturated carbocycles. The Morgan fingerprint density at radius 2 is 1.30 bits per heavy atom. The second kappa shape index (κ2) is 12.8. The molecule has 8 bridgehead atoms. The smallest absolute Gasteiger partial charge is 0.159 e. The summed E-state index contributed by atoms with van der Waals surface area (Å²) in [6.45, 7) is 17.7. The maximum atomic E-state index is 12.9. The fourth-order valence-corrected chi connectivity index (χ4v) is 10.3. The Hall–Kier alpha value is -5.10. The lowest BCUT2D eigenvalue weighted by Crippen LogP contribution is -2.43. The van der Waals surface area contributed by atoms with E-state index in [0.717, 1.165) is 94.5 Å². The standard InChI is InChI=1S/C48H50N4O2/c1-9-34-27(7)40-20-38-23(3)25(5)47(51-38)46(48-26(6)24(4)39(52-48)21-41-28(8)35(10-2)43(50-41)22-42(34)49-40)30-12-11-29-15-32-18-36-37(45(54)14-13-44(36)53)19-33(32)17-31(29)16-30/h11-14,16,20-22,32-33,36-37,49,51H,9-10,15,17-19H2,1-8H3/t32-,33-,36?,37?/m0/s1. The molecule has 0 saturated heterocycles. The van der Waals surface area contributed by atoms with Gasteiger partial charge in [-0.1, -0.05) is 32.0 Å². The van der Waals surface area contributed by atoms with Crippen LogP contribution >= 0.6 is 0 Å². The van der Waals surface area contributed by atoms with Gasteiger partial charge in [0, 0.05) is 33.9 Å². The quantitative estimate of drug-likeness (QED) is 0.221. The van der Waals surface area contributed by atoms with Crippen LogP contribution in [0.5, 0.6) is 0 Å². The first-order chi connectivity index (χ1) is 25.9. The van der Waals surface area contributed by atoms with Crippen molar-refractivity contribution in [1.29, 1.82) is 0 Å². The van der Waals surface area contributed by atoms with Crippen molar-refractivity contribution in [3.63, 3.8) is 0 Å². The SMILES string of the molecule is CCC1=C(C)c2cc3nc(c(-c4ccc5c(c4)C[C@H]4CC6C(=O)C=CC(=O)C6C[C@@H]4C5)c4[nH]c(cc5[nH]c(cc1n2)c(CC)c5C)c(C)c4C)C(C)=C3C. The van der Waals surface area contributed by atoms with E-state index in [9.17, 15) is 9.59 Å². The first-order valence-electron chi connectivity index (χ1n) is 20.0. The maximum Gasteiger partial charge on any atom is 0.159 e. The first-order valence-corrected chi connectivity index (χ1v) is 20.0. The number of carbonyl (C=O) groups is 2. The molecule has 3 aromatic heterocycles. The molecule has 9 rings (SSSR count). The lowest BCUT2D eigenvalue weighted by Gasteiger charge is -2.43. The lowest BCUT2D eigenvalue weighted by molar-refractivity contribution is -0.132. The number of fused-ring (bicyclic) bond motifs is 11. The van der Waals surface area contributed by atoms with Gasteiger partial charge in [0.15, 0.2) is 11.6 Å².